The van der Waals surface area contributed by atoms with Crippen LogP contribution in [0.15, 0.2) is 6.20 Å². The fourth-order valence-electron chi connectivity index (χ4n) is 1.65. The van der Waals surface area contributed by atoms with Gasteiger partial charge in [0, 0.05) is 12.6 Å². The maximum absolute atomic E-state index is 11.6. The van der Waals surface area contributed by atoms with Gasteiger partial charge in [0.2, 0.25) is 5.91 Å². The summed E-state index contributed by atoms with van der Waals surface area (Å²) in [6.45, 7) is 5.87. The van der Waals surface area contributed by atoms with Gasteiger partial charge in [0.1, 0.15) is 6.54 Å². The van der Waals surface area contributed by atoms with Crippen LogP contribution in [0.1, 0.15) is 37.2 Å². The summed E-state index contributed by atoms with van der Waals surface area (Å²) in [7, 11) is 2.08. The number of hydrogen-bond donors (Lipinski definition) is 2. The molecule has 1 amide bonds. The lowest BCUT2D eigenvalue weighted by Gasteiger charge is -2.20. The number of aromatic nitrogens is 3. The summed E-state index contributed by atoms with van der Waals surface area (Å²) < 4.78 is 1.21. The van der Waals surface area contributed by atoms with E-state index in [1.165, 1.54) is 10.9 Å². The number of aromatic carboxylic acids is 1. The van der Waals surface area contributed by atoms with E-state index in [0.29, 0.717) is 12.6 Å². The molecule has 1 aromatic rings. The molecule has 0 fully saturated rings. The quantitative estimate of drug-likeness (QED) is 0.632. The smallest absolute Gasteiger partial charge is 0.358 e. The molecule has 0 unspecified atom stereocenters. The Kier molecular flexibility index (Phi) is 6.80. The summed E-state index contributed by atoms with van der Waals surface area (Å²) in [5.74, 6) is -1.36. The largest absolute Gasteiger partial charge is 0.476 e. The Morgan fingerprint density at radius 2 is 2.14 bits per heavy atom. The molecule has 0 aliphatic rings. The van der Waals surface area contributed by atoms with Gasteiger partial charge in [-0.2, -0.15) is 0 Å². The zero-order chi connectivity index (χ0) is 15.8. The van der Waals surface area contributed by atoms with Gasteiger partial charge in [-0.15, -0.1) is 5.10 Å². The van der Waals surface area contributed by atoms with Crippen molar-refractivity contribution in [3.05, 3.63) is 11.9 Å². The molecule has 0 aliphatic carbocycles. The number of hydrogen-bond acceptors (Lipinski definition) is 5. The van der Waals surface area contributed by atoms with E-state index in [-0.39, 0.29) is 18.1 Å². The molecule has 0 saturated heterocycles. The summed E-state index contributed by atoms with van der Waals surface area (Å²) in [5.41, 5.74) is -0.167. The summed E-state index contributed by atoms with van der Waals surface area (Å²) in [5, 5.41) is 18.5. The lowest BCUT2D eigenvalue weighted by atomic mass is 10.2. The third-order valence-corrected chi connectivity index (χ3v) is 3.20. The van der Waals surface area contributed by atoms with Crippen molar-refractivity contribution in [2.24, 2.45) is 0 Å². The van der Waals surface area contributed by atoms with Crippen LogP contribution in [0.3, 0.4) is 0 Å². The average Bonchev–Trinajstić information content (AvgIpc) is 2.86. The highest BCUT2D eigenvalue weighted by molar-refractivity contribution is 5.84. The van der Waals surface area contributed by atoms with E-state index in [0.717, 1.165) is 19.4 Å². The summed E-state index contributed by atoms with van der Waals surface area (Å²) in [4.78, 5) is 24.5. The Bertz CT molecular complexity index is 472. The monoisotopic (exact) mass is 297 g/mol. The van der Waals surface area contributed by atoms with Gasteiger partial charge >= 0.3 is 5.97 Å². The number of carboxylic acids is 1. The van der Waals surface area contributed by atoms with Crippen LogP contribution in [0, 0.1) is 0 Å². The molecule has 8 heteroatoms. The molecule has 8 nitrogen and oxygen atoms in total. The predicted molar refractivity (Wildman–Crippen MR) is 77.0 cm³/mol. The lowest BCUT2D eigenvalue weighted by Crippen LogP contribution is -2.30. The second-order valence-electron chi connectivity index (χ2n) is 5.24. The standard InChI is InChI=1S/C13H23N5O3/c1-10(2)17(3)7-5-4-6-14-12(19)9-18-8-11(13(20)21)15-16-18/h8,10H,4-7,9H2,1-3H3,(H,14,19)(H,20,21). The number of carbonyl (C=O) groups excluding carboxylic acids is 1. The van der Waals surface area contributed by atoms with Crippen molar-refractivity contribution in [3.63, 3.8) is 0 Å². The van der Waals surface area contributed by atoms with Crippen molar-refractivity contribution in [2.45, 2.75) is 39.3 Å². The molecule has 0 atom stereocenters. The van der Waals surface area contributed by atoms with Gasteiger partial charge in [-0.3, -0.25) is 4.79 Å². The summed E-state index contributed by atoms with van der Waals surface area (Å²) in [6.07, 6.45) is 3.15. The Morgan fingerprint density at radius 1 is 1.43 bits per heavy atom. The fraction of sp³-hybridized carbons (Fsp3) is 0.692. The van der Waals surface area contributed by atoms with Crippen LogP contribution in [-0.4, -0.2) is 63.1 Å². The summed E-state index contributed by atoms with van der Waals surface area (Å²) in [6, 6.07) is 0.523. The number of amides is 1. The van der Waals surface area contributed by atoms with Crippen LogP contribution >= 0.6 is 0 Å². The molecular formula is C13H23N5O3. The van der Waals surface area contributed by atoms with Crippen molar-refractivity contribution in [1.82, 2.24) is 25.2 Å². The molecule has 0 aromatic carbocycles. The zero-order valence-corrected chi connectivity index (χ0v) is 12.7. The number of carboxylic acid groups (broad SMARTS) is 1. The number of carbonyl (C=O) groups is 2. The Morgan fingerprint density at radius 3 is 2.71 bits per heavy atom. The van der Waals surface area contributed by atoms with Crippen molar-refractivity contribution >= 4 is 11.9 Å². The van der Waals surface area contributed by atoms with E-state index in [1.54, 1.807) is 0 Å². The van der Waals surface area contributed by atoms with Gasteiger partial charge in [0.05, 0.1) is 6.20 Å². The van der Waals surface area contributed by atoms with Gasteiger partial charge in [0.25, 0.3) is 0 Å². The molecule has 0 aliphatic heterocycles. The molecule has 118 valence electrons. The van der Waals surface area contributed by atoms with Crippen molar-refractivity contribution < 1.29 is 14.7 Å². The molecule has 2 N–H and O–H groups in total. The molecule has 1 heterocycles. The minimum absolute atomic E-state index is 0.0216. The minimum atomic E-state index is -1.16. The van der Waals surface area contributed by atoms with Crippen molar-refractivity contribution in [3.8, 4) is 0 Å². The van der Waals surface area contributed by atoms with Crippen LogP contribution in [0.4, 0.5) is 0 Å². The molecule has 0 bridgehead atoms. The maximum Gasteiger partial charge on any atom is 0.358 e. The lowest BCUT2D eigenvalue weighted by molar-refractivity contribution is -0.121. The zero-order valence-electron chi connectivity index (χ0n) is 12.7. The third kappa shape index (κ3) is 6.35. The van der Waals surface area contributed by atoms with E-state index in [1.807, 2.05) is 0 Å². The Balaban J connectivity index is 2.18. The van der Waals surface area contributed by atoms with Crippen molar-refractivity contribution in [2.75, 3.05) is 20.1 Å². The van der Waals surface area contributed by atoms with E-state index in [4.69, 9.17) is 5.11 Å². The molecule has 0 saturated carbocycles. The second-order valence-corrected chi connectivity index (χ2v) is 5.24. The third-order valence-electron chi connectivity index (χ3n) is 3.20. The maximum atomic E-state index is 11.6. The highest BCUT2D eigenvalue weighted by Gasteiger charge is 2.10. The topological polar surface area (TPSA) is 100 Å². The first-order chi connectivity index (χ1) is 9.90. The number of nitrogens with one attached hydrogen (secondary N) is 1. The highest BCUT2D eigenvalue weighted by Crippen LogP contribution is 1.97. The summed E-state index contributed by atoms with van der Waals surface area (Å²) >= 11 is 0. The highest BCUT2D eigenvalue weighted by atomic mass is 16.4. The van der Waals surface area contributed by atoms with Gasteiger partial charge in [-0.25, -0.2) is 9.48 Å². The van der Waals surface area contributed by atoms with Gasteiger partial charge in [-0.05, 0) is 40.3 Å². The van der Waals surface area contributed by atoms with Crippen molar-refractivity contribution in [1.29, 1.82) is 0 Å². The molecule has 0 spiro atoms. The van der Waals surface area contributed by atoms with Gasteiger partial charge < -0.3 is 15.3 Å². The van der Waals surface area contributed by atoms with E-state index >= 15 is 0 Å². The average molecular weight is 297 g/mol. The van der Waals surface area contributed by atoms with E-state index < -0.39 is 5.97 Å². The minimum Gasteiger partial charge on any atom is -0.476 e. The fourth-order valence-corrected chi connectivity index (χ4v) is 1.65. The number of nitrogens with zero attached hydrogens (tertiary/aromatic N) is 4. The van der Waals surface area contributed by atoms with Crippen LogP contribution in [0.5, 0.6) is 0 Å². The Hall–Kier alpha value is -1.96. The molecule has 1 aromatic heterocycles. The Labute approximate surface area is 124 Å². The number of unbranched alkanes of at least 4 members (excludes halogenated alkanes) is 1. The van der Waals surface area contributed by atoms with Crippen LogP contribution in [0.25, 0.3) is 0 Å². The number of rotatable bonds is 9. The van der Waals surface area contributed by atoms with Gasteiger partial charge in [-0.1, -0.05) is 5.21 Å². The van der Waals surface area contributed by atoms with Crippen LogP contribution < -0.4 is 5.32 Å². The van der Waals surface area contributed by atoms with E-state index in [2.05, 4.69) is 41.4 Å². The van der Waals surface area contributed by atoms with E-state index in [9.17, 15) is 9.59 Å². The molecule has 21 heavy (non-hydrogen) atoms. The normalized spacial score (nSPS) is 11.1. The SMILES string of the molecule is CC(C)N(C)CCCCNC(=O)Cn1cc(C(=O)O)nn1. The molecule has 0 radical (unpaired) electrons. The first-order valence-corrected chi connectivity index (χ1v) is 7.00. The van der Waals surface area contributed by atoms with Crippen LogP contribution in [-0.2, 0) is 11.3 Å². The second kappa shape index (κ2) is 8.35. The van der Waals surface area contributed by atoms with Gasteiger partial charge in [0.15, 0.2) is 5.69 Å². The first kappa shape index (κ1) is 17.1. The molecule has 1 rings (SSSR count). The molecular weight excluding hydrogens is 274 g/mol. The first-order valence-electron chi connectivity index (χ1n) is 7.00. The van der Waals surface area contributed by atoms with Crippen LogP contribution in [0.2, 0.25) is 0 Å². The predicted octanol–water partition coefficient (Wildman–Crippen LogP) is 0.213.